The molecule has 0 aliphatic heterocycles. The third kappa shape index (κ3) is 2.96. The Morgan fingerprint density at radius 1 is 1.25 bits per heavy atom. The number of benzene rings is 2. The first-order valence-electron chi connectivity index (χ1n) is 6.23. The summed E-state index contributed by atoms with van der Waals surface area (Å²) in [7, 11) is 3.43. The van der Waals surface area contributed by atoms with Crippen LogP contribution in [0.4, 0.5) is 10.1 Å². The SMILES string of the molecule is COc1cccc(CN(C)c2cccc(F)c2C=O)c1. The Labute approximate surface area is 117 Å². The molecule has 0 unspecified atom stereocenters. The Morgan fingerprint density at radius 3 is 2.70 bits per heavy atom. The fraction of sp³-hybridized carbons (Fsp3) is 0.188. The van der Waals surface area contributed by atoms with Crippen molar-refractivity contribution >= 4 is 12.0 Å². The molecule has 0 atom stereocenters. The fourth-order valence-electron chi connectivity index (χ4n) is 2.11. The summed E-state index contributed by atoms with van der Waals surface area (Å²) in [6.45, 7) is 0.557. The van der Waals surface area contributed by atoms with Crippen LogP contribution in [0.25, 0.3) is 0 Å². The van der Waals surface area contributed by atoms with Gasteiger partial charge < -0.3 is 9.64 Å². The van der Waals surface area contributed by atoms with Crippen molar-refractivity contribution in [3.8, 4) is 5.75 Å². The second-order valence-electron chi connectivity index (χ2n) is 4.50. The summed E-state index contributed by atoms with van der Waals surface area (Å²) in [6, 6.07) is 12.2. The van der Waals surface area contributed by atoms with Crippen LogP contribution in [0.3, 0.4) is 0 Å². The van der Waals surface area contributed by atoms with Gasteiger partial charge in [-0.25, -0.2) is 4.39 Å². The van der Waals surface area contributed by atoms with Gasteiger partial charge in [-0.1, -0.05) is 18.2 Å². The van der Waals surface area contributed by atoms with Crippen molar-refractivity contribution in [1.29, 1.82) is 0 Å². The molecule has 0 fully saturated rings. The molecule has 3 nitrogen and oxygen atoms in total. The molecule has 0 heterocycles. The third-order valence-corrected chi connectivity index (χ3v) is 3.11. The zero-order valence-corrected chi connectivity index (χ0v) is 11.5. The highest BCUT2D eigenvalue weighted by molar-refractivity contribution is 5.84. The van der Waals surface area contributed by atoms with Crippen molar-refractivity contribution < 1.29 is 13.9 Å². The summed E-state index contributed by atoms with van der Waals surface area (Å²) in [5.41, 5.74) is 1.67. The number of hydrogen-bond acceptors (Lipinski definition) is 3. The maximum absolute atomic E-state index is 13.6. The largest absolute Gasteiger partial charge is 0.497 e. The van der Waals surface area contributed by atoms with E-state index in [2.05, 4.69) is 0 Å². The van der Waals surface area contributed by atoms with Gasteiger partial charge in [0.2, 0.25) is 0 Å². The molecule has 2 aromatic rings. The highest BCUT2D eigenvalue weighted by Gasteiger charge is 2.11. The van der Waals surface area contributed by atoms with Crippen molar-refractivity contribution in [2.75, 3.05) is 19.1 Å². The van der Waals surface area contributed by atoms with Crippen LogP contribution in [-0.2, 0) is 6.54 Å². The molecule has 0 aliphatic carbocycles. The smallest absolute Gasteiger partial charge is 0.155 e. The molecule has 0 bridgehead atoms. The number of aldehydes is 1. The lowest BCUT2D eigenvalue weighted by Gasteiger charge is -2.21. The van der Waals surface area contributed by atoms with E-state index >= 15 is 0 Å². The highest BCUT2D eigenvalue weighted by Crippen LogP contribution is 2.23. The predicted octanol–water partition coefficient (Wildman–Crippen LogP) is 3.28. The van der Waals surface area contributed by atoms with Crippen LogP contribution < -0.4 is 9.64 Å². The van der Waals surface area contributed by atoms with Gasteiger partial charge in [0.25, 0.3) is 0 Å². The number of anilines is 1. The van der Waals surface area contributed by atoms with Gasteiger partial charge >= 0.3 is 0 Å². The van der Waals surface area contributed by atoms with E-state index in [-0.39, 0.29) is 5.56 Å². The minimum absolute atomic E-state index is 0.0814. The highest BCUT2D eigenvalue weighted by atomic mass is 19.1. The molecular weight excluding hydrogens is 257 g/mol. The summed E-state index contributed by atoms with van der Waals surface area (Å²) in [6.07, 6.45) is 0.548. The van der Waals surface area contributed by atoms with Gasteiger partial charge in [0.05, 0.1) is 18.4 Å². The van der Waals surface area contributed by atoms with Crippen LogP contribution in [-0.4, -0.2) is 20.4 Å². The molecule has 2 rings (SSSR count). The van der Waals surface area contributed by atoms with Gasteiger partial charge in [-0.15, -0.1) is 0 Å². The first-order chi connectivity index (χ1) is 9.65. The number of rotatable bonds is 5. The van der Waals surface area contributed by atoms with Gasteiger partial charge in [-0.2, -0.15) is 0 Å². The van der Waals surface area contributed by atoms with Crippen LogP contribution in [0.2, 0.25) is 0 Å². The predicted molar refractivity (Wildman–Crippen MR) is 76.9 cm³/mol. The van der Waals surface area contributed by atoms with Crippen molar-refractivity contribution in [3.05, 3.63) is 59.4 Å². The van der Waals surface area contributed by atoms with Gasteiger partial charge in [0, 0.05) is 13.6 Å². The Balaban J connectivity index is 2.25. The number of ether oxygens (including phenoxy) is 1. The van der Waals surface area contributed by atoms with E-state index in [4.69, 9.17) is 4.74 Å². The fourth-order valence-corrected chi connectivity index (χ4v) is 2.11. The van der Waals surface area contributed by atoms with E-state index in [1.54, 1.807) is 19.2 Å². The molecule has 0 amide bonds. The Bertz CT molecular complexity index is 613. The number of hydrogen-bond donors (Lipinski definition) is 0. The first kappa shape index (κ1) is 14.1. The standard InChI is InChI=1S/C16H16FNO2/c1-18(10-12-5-3-6-13(9-12)20-2)16-8-4-7-15(17)14(16)11-19/h3-9,11H,10H2,1-2H3. The molecule has 0 saturated carbocycles. The second-order valence-corrected chi connectivity index (χ2v) is 4.50. The van der Waals surface area contributed by atoms with Crippen LogP contribution in [0.15, 0.2) is 42.5 Å². The van der Waals surface area contributed by atoms with E-state index in [1.807, 2.05) is 36.2 Å². The quantitative estimate of drug-likeness (QED) is 0.783. The van der Waals surface area contributed by atoms with Crippen molar-refractivity contribution in [1.82, 2.24) is 0 Å². The second kappa shape index (κ2) is 6.19. The van der Waals surface area contributed by atoms with Crippen LogP contribution in [0, 0.1) is 5.82 Å². The van der Waals surface area contributed by atoms with Crippen molar-refractivity contribution in [3.63, 3.8) is 0 Å². The minimum atomic E-state index is -0.505. The molecule has 0 saturated heterocycles. The lowest BCUT2D eigenvalue weighted by molar-refractivity contribution is 0.112. The number of methoxy groups -OCH3 is 1. The Hall–Kier alpha value is -2.36. The lowest BCUT2D eigenvalue weighted by atomic mass is 10.1. The number of halogens is 1. The summed E-state index contributed by atoms with van der Waals surface area (Å²) in [5.74, 6) is 0.265. The molecule has 104 valence electrons. The van der Waals surface area contributed by atoms with Crippen LogP contribution in [0.1, 0.15) is 15.9 Å². The zero-order valence-electron chi connectivity index (χ0n) is 11.5. The average Bonchev–Trinajstić information content (AvgIpc) is 2.47. The summed E-state index contributed by atoms with van der Waals surface area (Å²) >= 11 is 0. The Morgan fingerprint density at radius 2 is 2.00 bits per heavy atom. The molecule has 20 heavy (non-hydrogen) atoms. The number of carbonyl (C=O) groups is 1. The molecule has 0 aliphatic rings. The molecule has 0 spiro atoms. The van der Waals surface area contributed by atoms with Gasteiger partial charge in [0.1, 0.15) is 11.6 Å². The molecule has 4 heteroatoms. The number of nitrogens with zero attached hydrogens (tertiary/aromatic N) is 1. The molecule has 0 N–H and O–H groups in total. The maximum Gasteiger partial charge on any atom is 0.155 e. The van der Waals surface area contributed by atoms with Crippen LogP contribution >= 0.6 is 0 Å². The summed E-state index contributed by atoms with van der Waals surface area (Å²) < 4.78 is 18.8. The maximum atomic E-state index is 13.6. The van der Waals surface area contributed by atoms with E-state index in [1.165, 1.54) is 6.07 Å². The van der Waals surface area contributed by atoms with Gasteiger partial charge in [-0.3, -0.25) is 4.79 Å². The van der Waals surface area contributed by atoms with Gasteiger partial charge in [-0.05, 0) is 29.8 Å². The normalized spacial score (nSPS) is 10.2. The minimum Gasteiger partial charge on any atom is -0.497 e. The number of carbonyl (C=O) groups excluding carboxylic acids is 1. The summed E-state index contributed by atoms with van der Waals surface area (Å²) in [4.78, 5) is 12.9. The Kier molecular flexibility index (Phi) is 4.35. The van der Waals surface area contributed by atoms with E-state index in [0.29, 0.717) is 18.5 Å². The molecule has 0 radical (unpaired) electrons. The van der Waals surface area contributed by atoms with Crippen LogP contribution in [0.5, 0.6) is 5.75 Å². The van der Waals surface area contributed by atoms with Crippen molar-refractivity contribution in [2.45, 2.75) is 6.54 Å². The topological polar surface area (TPSA) is 29.5 Å². The summed E-state index contributed by atoms with van der Waals surface area (Å²) in [5, 5.41) is 0. The first-order valence-corrected chi connectivity index (χ1v) is 6.23. The van der Waals surface area contributed by atoms with Crippen molar-refractivity contribution in [2.24, 2.45) is 0 Å². The molecule has 2 aromatic carbocycles. The average molecular weight is 273 g/mol. The van der Waals surface area contributed by atoms with Gasteiger partial charge in [0.15, 0.2) is 6.29 Å². The van der Waals surface area contributed by atoms with E-state index < -0.39 is 5.82 Å². The molecular formula is C16H16FNO2. The lowest BCUT2D eigenvalue weighted by Crippen LogP contribution is -2.18. The molecule has 0 aromatic heterocycles. The van der Waals surface area contributed by atoms with E-state index in [0.717, 1.165) is 11.3 Å². The monoisotopic (exact) mass is 273 g/mol. The zero-order chi connectivity index (χ0) is 14.5. The third-order valence-electron chi connectivity index (χ3n) is 3.11. The van der Waals surface area contributed by atoms with E-state index in [9.17, 15) is 9.18 Å².